The van der Waals surface area contributed by atoms with Gasteiger partial charge in [-0.3, -0.25) is 0 Å². The maximum absolute atomic E-state index is 11.5. The van der Waals surface area contributed by atoms with Gasteiger partial charge in [0, 0.05) is 23.0 Å². The Morgan fingerprint density at radius 1 is 1.25 bits per heavy atom. The van der Waals surface area contributed by atoms with Crippen molar-refractivity contribution in [2.75, 3.05) is 6.26 Å². The lowest BCUT2D eigenvalue weighted by Gasteiger charge is -2.04. The average molecular weight is 257 g/mol. The van der Waals surface area contributed by atoms with Crippen LogP contribution in [0.2, 0.25) is 5.02 Å². The Morgan fingerprint density at radius 3 is 2.44 bits per heavy atom. The number of hydrogen-bond acceptors (Lipinski definition) is 3. The van der Waals surface area contributed by atoms with Crippen LogP contribution in [0, 0.1) is 0 Å². The van der Waals surface area contributed by atoms with Crippen molar-refractivity contribution in [3.8, 4) is 11.4 Å². The van der Waals surface area contributed by atoms with E-state index in [1.807, 2.05) is 0 Å². The lowest BCUT2D eigenvalue weighted by Crippen LogP contribution is -2.10. The molecule has 0 N–H and O–H groups in total. The van der Waals surface area contributed by atoms with Crippen LogP contribution in [0.3, 0.4) is 0 Å². The summed E-state index contributed by atoms with van der Waals surface area (Å²) in [6, 6.07) is 6.84. The number of halogens is 1. The summed E-state index contributed by atoms with van der Waals surface area (Å²) < 4.78 is 24.0. The molecule has 1 aromatic heterocycles. The van der Waals surface area contributed by atoms with Gasteiger partial charge in [-0.15, -0.1) is 0 Å². The van der Waals surface area contributed by atoms with Gasteiger partial charge in [0.25, 0.3) is 0 Å². The molecular formula is C10H9ClN2O2S. The van der Waals surface area contributed by atoms with Crippen molar-refractivity contribution in [3.05, 3.63) is 41.7 Å². The third-order valence-electron chi connectivity index (χ3n) is 2.07. The highest BCUT2D eigenvalue weighted by atomic mass is 35.5. The normalized spacial score (nSPS) is 11.6. The molecule has 0 saturated heterocycles. The minimum Gasteiger partial charge on any atom is -0.236 e. The Kier molecular flexibility index (Phi) is 2.73. The van der Waals surface area contributed by atoms with Gasteiger partial charge >= 0.3 is 0 Å². The van der Waals surface area contributed by atoms with Crippen molar-refractivity contribution in [2.24, 2.45) is 0 Å². The molecule has 0 radical (unpaired) electrons. The molecular weight excluding hydrogens is 248 g/mol. The Hall–Kier alpha value is -1.33. The smallest absolute Gasteiger partial charge is 0.236 e. The predicted molar refractivity (Wildman–Crippen MR) is 62.9 cm³/mol. The van der Waals surface area contributed by atoms with E-state index in [-0.39, 0.29) is 0 Å². The maximum Gasteiger partial charge on any atom is 0.237 e. The van der Waals surface area contributed by atoms with E-state index in [2.05, 4.69) is 4.98 Å². The van der Waals surface area contributed by atoms with Crippen LogP contribution in [0.4, 0.5) is 0 Å². The van der Waals surface area contributed by atoms with E-state index < -0.39 is 10.0 Å². The summed E-state index contributed by atoms with van der Waals surface area (Å²) in [5.41, 5.74) is 0.708. The zero-order chi connectivity index (χ0) is 11.8. The molecule has 0 atom stereocenters. The standard InChI is InChI=1S/C10H9ClN2O2S/c1-16(14,15)13-7-6-12-10(13)8-2-4-9(11)5-3-8/h2-7H,1H3. The van der Waals surface area contributed by atoms with Gasteiger partial charge in [0.2, 0.25) is 10.0 Å². The monoisotopic (exact) mass is 256 g/mol. The van der Waals surface area contributed by atoms with Crippen LogP contribution < -0.4 is 0 Å². The summed E-state index contributed by atoms with van der Waals surface area (Å²) >= 11 is 5.76. The number of imidazole rings is 1. The molecule has 6 heteroatoms. The molecule has 0 spiro atoms. The van der Waals surface area contributed by atoms with Crippen molar-refractivity contribution in [1.29, 1.82) is 0 Å². The van der Waals surface area contributed by atoms with Crippen LogP contribution in [0.25, 0.3) is 11.4 Å². The van der Waals surface area contributed by atoms with E-state index in [9.17, 15) is 8.42 Å². The summed E-state index contributed by atoms with van der Waals surface area (Å²) in [6.45, 7) is 0. The molecule has 0 unspecified atom stereocenters. The third-order valence-corrected chi connectivity index (χ3v) is 3.33. The molecule has 4 nitrogen and oxygen atoms in total. The summed E-state index contributed by atoms with van der Waals surface area (Å²) in [4.78, 5) is 4.02. The van der Waals surface area contributed by atoms with Crippen LogP contribution in [0.15, 0.2) is 36.7 Å². The van der Waals surface area contributed by atoms with Gasteiger partial charge in [-0.1, -0.05) is 11.6 Å². The molecule has 2 aromatic rings. The minimum absolute atomic E-state index is 0.388. The van der Waals surface area contributed by atoms with Crippen molar-refractivity contribution in [3.63, 3.8) is 0 Å². The molecule has 0 aliphatic rings. The molecule has 0 aliphatic heterocycles. The van der Waals surface area contributed by atoms with Gasteiger partial charge in [0.1, 0.15) is 0 Å². The van der Waals surface area contributed by atoms with Crippen molar-refractivity contribution in [1.82, 2.24) is 8.96 Å². The van der Waals surface area contributed by atoms with Gasteiger partial charge in [-0.25, -0.2) is 17.4 Å². The van der Waals surface area contributed by atoms with E-state index in [0.29, 0.717) is 16.4 Å². The SMILES string of the molecule is CS(=O)(=O)n1ccnc1-c1ccc(Cl)cc1. The number of benzene rings is 1. The fourth-order valence-electron chi connectivity index (χ4n) is 1.36. The van der Waals surface area contributed by atoms with Gasteiger partial charge in [0.05, 0.1) is 6.26 Å². The third kappa shape index (κ3) is 2.10. The maximum atomic E-state index is 11.5. The lowest BCUT2D eigenvalue weighted by atomic mass is 10.2. The van der Waals surface area contributed by atoms with Gasteiger partial charge in [-0.05, 0) is 24.3 Å². The Labute approximate surface area is 98.6 Å². The highest BCUT2D eigenvalue weighted by molar-refractivity contribution is 7.89. The van der Waals surface area contributed by atoms with E-state index in [4.69, 9.17) is 11.6 Å². The van der Waals surface area contributed by atoms with Crippen LogP contribution in [0.5, 0.6) is 0 Å². The zero-order valence-electron chi connectivity index (χ0n) is 8.46. The Bertz CT molecular complexity index is 602. The first-order valence-electron chi connectivity index (χ1n) is 4.48. The van der Waals surface area contributed by atoms with Crippen molar-refractivity contribution >= 4 is 21.6 Å². The van der Waals surface area contributed by atoms with Gasteiger partial charge in [0.15, 0.2) is 5.82 Å². The topological polar surface area (TPSA) is 52.0 Å². The first-order chi connectivity index (χ1) is 7.48. The number of aromatic nitrogens is 2. The molecule has 0 fully saturated rings. The highest BCUT2D eigenvalue weighted by Gasteiger charge is 2.12. The fourth-order valence-corrected chi connectivity index (χ4v) is 2.23. The lowest BCUT2D eigenvalue weighted by molar-refractivity contribution is 0.594. The summed E-state index contributed by atoms with van der Waals surface area (Å²) in [5.74, 6) is 0.388. The second-order valence-electron chi connectivity index (χ2n) is 3.32. The Balaban J connectivity index is 2.58. The van der Waals surface area contributed by atoms with Crippen molar-refractivity contribution in [2.45, 2.75) is 0 Å². The first kappa shape index (κ1) is 11.2. The predicted octanol–water partition coefficient (Wildman–Crippen LogP) is 2.01. The molecule has 0 aliphatic carbocycles. The van der Waals surface area contributed by atoms with Gasteiger partial charge in [-0.2, -0.15) is 0 Å². The van der Waals surface area contributed by atoms with E-state index in [1.165, 1.54) is 12.4 Å². The zero-order valence-corrected chi connectivity index (χ0v) is 10.0. The fraction of sp³-hybridized carbons (Fsp3) is 0.100. The molecule has 0 saturated carbocycles. The summed E-state index contributed by atoms with van der Waals surface area (Å²) in [7, 11) is -3.33. The second-order valence-corrected chi connectivity index (χ2v) is 5.61. The van der Waals surface area contributed by atoms with Crippen LogP contribution in [-0.2, 0) is 10.0 Å². The molecule has 1 heterocycles. The van der Waals surface area contributed by atoms with Crippen LogP contribution >= 0.6 is 11.6 Å². The number of rotatable bonds is 2. The van der Waals surface area contributed by atoms with Crippen LogP contribution in [-0.4, -0.2) is 23.6 Å². The Morgan fingerprint density at radius 2 is 1.88 bits per heavy atom. The summed E-state index contributed by atoms with van der Waals surface area (Å²) in [5, 5.41) is 0.598. The molecule has 2 rings (SSSR count). The summed E-state index contributed by atoms with van der Waals surface area (Å²) in [6.07, 6.45) is 4.00. The largest absolute Gasteiger partial charge is 0.237 e. The second kappa shape index (κ2) is 3.92. The highest BCUT2D eigenvalue weighted by Crippen LogP contribution is 2.20. The van der Waals surface area contributed by atoms with Crippen molar-refractivity contribution < 1.29 is 8.42 Å². The van der Waals surface area contributed by atoms with Gasteiger partial charge < -0.3 is 0 Å². The molecule has 0 bridgehead atoms. The van der Waals surface area contributed by atoms with Crippen LogP contribution in [0.1, 0.15) is 0 Å². The number of nitrogens with zero attached hydrogens (tertiary/aromatic N) is 2. The minimum atomic E-state index is -3.33. The molecule has 1 aromatic carbocycles. The van der Waals surface area contributed by atoms with E-state index in [0.717, 1.165) is 10.2 Å². The average Bonchev–Trinajstić information content (AvgIpc) is 2.66. The quantitative estimate of drug-likeness (QED) is 0.826. The van der Waals surface area contributed by atoms with E-state index in [1.54, 1.807) is 24.3 Å². The molecule has 84 valence electrons. The first-order valence-corrected chi connectivity index (χ1v) is 6.71. The molecule has 0 amide bonds. The van der Waals surface area contributed by atoms with E-state index >= 15 is 0 Å². The number of hydrogen-bond donors (Lipinski definition) is 0. The molecule has 16 heavy (non-hydrogen) atoms.